The van der Waals surface area contributed by atoms with Crippen molar-refractivity contribution in [3.63, 3.8) is 0 Å². The van der Waals surface area contributed by atoms with Crippen LogP contribution in [0.15, 0.2) is 60.8 Å². The van der Waals surface area contributed by atoms with Crippen molar-refractivity contribution in [2.75, 3.05) is 12.4 Å². The van der Waals surface area contributed by atoms with Crippen LogP contribution in [-0.2, 0) is 6.54 Å². The van der Waals surface area contributed by atoms with E-state index in [1.54, 1.807) is 30.5 Å². The lowest BCUT2D eigenvalue weighted by atomic mass is 9.99. The van der Waals surface area contributed by atoms with Gasteiger partial charge in [0.1, 0.15) is 17.4 Å². The van der Waals surface area contributed by atoms with Crippen LogP contribution in [0.3, 0.4) is 0 Å². The van der Waals surface area contributed by atoms with Gasteiger partial charge in [-0.1, -0.05) is 6.07 Å². The van der Waals surface area contributed by atoms with Gasteiger partial charge in [-0.25, -0.2) is 9.37 Å². The summed E-state index contributed by atoms with van der Waals surface area (Å²) in [4.78, 5) is 4.37. The number of hydrogen-bond acceptors (Lipinski definition) is 5. The molecule has 2 aromatic carbocycles. The summed E-state index contributed by atoms with van der Waals surface area (Å²) < 4.78 is 19.3. The van der Waals surface area contributed by atoms with E-state index in [-0.39, 0.29) is 0 Å². The third-order valence-electron chi connectivity index (χ3n) is 4.97. The average molecular weight is 413 g/mol. The Labute approximate surface area is 179 Å². The Morgan fingerprint density at radius 3 is 2.68 bits per heavy atom. The smallest absolute Gasteiger partial charge is 0.136 e. The van der Waals surface area contributed by atoms with Gasteiger partial charge in [-0.15, -0.1) is 0 Å². The first-order valence-corrected chi connectivity index (χ1v) is 9.66. The monoisotopic (exact) mass is 413 g/mol. The summed E-state index contributed by atoms with van der Waals surface area (Å²) in [7, 11) is 1.50. The first-order valence-electron chi connectivity index (χ1n) is 9.66. The zero-order valence-electron chi connectivity index (χ0n) is 17.1. The molecule has 0 aliphatic carbocycles. The minimum Gasteiger partial charge on any atom is -0.497 e. The van der Waals surface area contributed by atoms with E-state index in [2.05, 4.69) is 26.6 Å². The van der Waals surface area contributed by atoms with E-state index in [9.17, 15) is 4.39 Å². The van der Waals surface area contributed by atoms with E-state index in [0.29, 0.717) is 34.9 Å². The highest BCUT2D eigenvalue weighted by molar-refractivity contribution is 5.70. The minimum atomic E-state index is -0.391. The fourth-order valence-corrected chi connectivity index (χ4v) is 3.36. The van der Waals surface area contributed by atoms with Crippen LogP contribution in [0.2, 0.25) is 0 Å². The van der Waals surface area contributed by atoms with Gasteiger partial charge in [0.2, 0.25) is 0 Å². The second-order valence-corrected chi connectivity index (χ2v) is 7.05. The molecule has 0 atom stereocenters. The highest BCUT2D eigenvalue weighted by atomic mass is 19.1. The van der Waals surface area contributed by atoms with Gasteiger partial charge in [0, 0.05) is 17.8 Å². The normalized spacial score (nSPS) is 10.5. The summed E-state index contributed by atoms with van der Waals surface area (Å²) in [5, 5.41) is 19.5. The molecule has 7 heteroatoms. The van der Waals surface area contributed by atoms with Crippen molar-refractivity contribution in [1.82, 2.24) is 15.2 Å². The van der Waals surface area contributed by atoms with E-state index in [1.165, 1.54) is 13.2 Å². The molecule has 0 bridgehead atoms. The van der Waals surface area contributed by atoms with Crippen molar-refractivity contribution in [3.8, 4) is 34.2 Å². The lowest BCUT2D eigenvalue weighted by Crippen LogP contribution is -2.01. The van der Waals surface area contributed by atoms with Gasteiger partial charge in [0.15, 0.2) is 0 Å². The average Bonchev–Trinajstić information content (AvgIpc) is 3.26. The Kier molecular flexibility index (Phi) is 5.63. The van der Waals surface area contributed by atoms with Crippen LogP contribution in [0.5, 0.6) is 5.75 Å². The fraction of sp³-hybridized carbons (Fsp3) is 0.125. The van der Waals surface area contributed by atoms with Gasteiger partial charge in [-0.2, -0.15) is 10.4 Å². The molecule has 0 fully saturated rings. The number of anilines is 1. The Bertz CT molecular complexity index is 1280. The number of methoxy groups -OCH3 is 1. The molecular formula is C24H20FN5O. The predicted octanol–water partition coefficient (Wildman–Crippen LogP) is 5.08. The van der Waals surface area contributed by atoms with Crippen molar-refractivity contribution < 1.29 is 9.13 Å². The van der Waals surface area contributed by atoms with Crippen molar-refractivity contribution in [2.24, 2.45) is 0 Å². The van der Waals surface area contributed by atoms with E-state index in [4.69, 9.17) is 10.00 Å². The first-order chi connectivity index (χ1) is 15.1. The highest BCUT2D eigenvalue weighted by Gasteiger charge is 2.11. The number of aromatic amines is 1. The SMILES string of the molecule is COc1ccc(-c2cc(CNc3cc(-c4ccc(C#N)cc4C)ccn3)[nH]n2)c(F)c1. The number of pyridine rings is 1. The molecule has 2 heterocycles. The largest absolute Gasteiger partial charge is 0.497 e. The second kappa shape index (κ2) is 8.67. The number of nitrogens with zero attached hydrogens (tertiary/aromatic N) is 3. The highest BCUT2D eigenvalue weighted by Crippen LogP contribution is 2.27. The zero-order chi connectivity index (χ0) is 21.8. The number of hydrogen-bond donors (Lipinski definition) is 2. The molecule has 31 heavy (non-hydrogen) atoms. The summed E-state index contributed by atoms with van der Waals surface area (Å²) in [5.41, 5.74) is 5.43. The Hall–Kier alpha value is -4.18. The molecule has 0 unspecified atom stereocenters. The van der Waals surface area contributed by atoms with Gasteiger partial charge in [-0.05, 0) is 66.1 Å². The Balaban J connectivity index is 1.48. The number of H-pyrrole nitrogens is 1. The quantitative estimate of drug-likeness (QED) is 0.460. The lowest BCUT2D eigenvalue weighted by molar-refractivity contribution is 0.411. The minimum absolute atomic E-state index is 0.391. The van der Waals surface area contributed by atoms with E-state index < -0.39 is 5.82 Å². The van der Waals surface area contributed by atoms with Crippen LogP contribution < -0.4 is 10.1 Å². The van der Waals surface area contributed by atoms with Gasteiger partial charge in [0.25, 0.3) is 0 Å². The predicted molar refractivity (Wildman–Crippen MR) is 117 cm³/mol. The molecule has 2 N–H and O–H groups in total. The van der Waals surface area contributed by atoms with Gasteiger partial charge >= 0.3 is 0 Å². The first kappa shape index (κ1) is 20.1. The van der Waals surface area contributed by atoms with Crippen molar-refractivity contribution >= 4 is 5.82 Å². The number of aromatic nitrogens is 3. The van der Waals surface area contributed by atoms with Crippen LogP contribution in [0.1, 0.15) is 16.8 Å². The molecule has 4 aromatic rings. The summed E-state index contributed by atoms with van der Waals surface area (Å²) in [5.74, 6) is 0.771. The van der Waals surface area contributed by atoms with E-state index in [0.717, 1.165) is 22.4 Å². The van der Waals surface area contributed by atoms with Crippen LogP contribution >= 0.6 is 0 Å². The molecule has 0 spiro atoms. The van der Waals surface area contributed by atoms with Crippen LogP contribution in [0.25, 0.3) is 22.4 Å². The molecule has 0 saturated carbocycles. The number of ether oxygens (including phenoxy) is 1. The third-order valence-corrected chi connectivity index (χ3v) is 4.97. The Morgan fingerprint density at radius 1 is 1.10 bits per heavy atom. The maximum Gasteiger partial charge on any atom is 0.136 e. The molecular weight excluding hydrogens is 393 g/mol. The number of nitrogens with one attached hydrogen (secondary N) is 2. The molecule has 0 amide bonds. The summed E-state index contributed by atoms with van der Waals surface area (Å²) in [6.45, 7) is 2.43. The standard InChI is InChI=1S/C24H20FN5O/c1-15-9-16(13-26)3-5-20(15)17-7-8-27-24(10-17)28-14-18-11-23(30-29-18)21-6-4-19(31-2)12-22(21)25/h3-12H,14H2,1-2H3,(H,27,28)(H,29,30). The number of halogens is 1. The zero-order valence-corrected chi connectivity index (χ0v) is 17.1. The number of benzene rings is 2. The molecule has 154 valence electrons. The molecule has 0 aliphatic heterocycles. The van der Waals surface area contributed by atoms with E-state index >= 15 is 0 Å². The maximum atomic E-state index is 14.3. The summed E-state index contributed by atoms with van der Waals surface area (Å²) >= 11 is 0. The second-order valence-electron chi connectivity index (χ2n) is 7.05. The van der Waals surface area contributed by atoms with Gasteiger partial charge < -0.3 is 10.1 Å². The van der Waals surface area contributed by atoms with Gasteiger partial charge in [0.05, 0.1) is 36.7 Å². The Morgan fingerprint density at radius 2 is 1.94 bits per heavy atom. The maximum absolute atomic E-state index is 14.3. The topological polar surface area (TPSA) is 86.6 Å². The number of rotatable bonds is 6. The van der Waals surface area contributed by atoms with Crippen LogP contribution in [0, 0.1) is 24.1 Å². The molecule has 0 radical (unpaired) electrons. The fourth-order valence-electron chi connectivity index (χ4n) is 3.36. The molecule has 4 rings (SSSR count). The number of aryl methyl sites for hydroxylation is 1. The molecule has 0 saturated heterocycles. The van der Waals surface area contributed by atoms with E-state index in [1.807, 2.05) is 31.2 Å². The summed E-state index contributed by atoms with van der Waals surface area (Å²) in [6.07, 6.45) is 1.74. The number of nitriles is 1. The molecule has 6 nitrogen and oxygen atoms in total. The molecule has 2 aromatic heterocycles. The van der Waals surface area contributed by atoms with Crippen molar-refractivity contribution in [2.45, 2.75) is 13.5 Å². The summed E-state index contributed by atoms with van der Waals surface area (Å²) in [6, 6.07) is 18.1. The molecule has 0 aliphatic rings. The lowest BCUT2D eigenvalue weighted by Gasteiger charge is -2.09. The van der Waals surface area contributed by atoms with Crippen molar-refractivity contribution in [3.05, 3.63) is 83.4 Å². The van der Waals surface area contributed by atoms with Gasteiger partial charge in [-0.3, -0.25) is 5.10 Å². The van der Waals surface area contributed by atoms with Crippen LogP contribution in [-0.4, -0.2) is 22.3 Å². The van der Waals surface area contributed by atoms with Crippen molar-refractivity contribution in [1.29, 1.82) is 5.26 Å². The third kappa shape index (κ3) is 4.38. The van der Waals surface area contributed by atoms with Crippen LogP contribution in [0.4, 0.5) is 10.2 Å².